The van der Waals surface area contributed by atoms with Crippen molar-refractivity contribution >= 4 is 28.5 Å². The van der Waals surface area contributed by atoms with Crippen LogP contribution in [0.15, 0.2) is 53.6 Å². The second-order valence-corrected chi connectivity index (χ2v) is 6.39. The van der Waals surface area contributed by atoms with Gasteiger partial charge in [-0.15, -0.1) is 0 Å². The van der Waals surface area contributed by atoms with Gasteiger partial charge in [-0.2, -0.15) is 13.2 Å². The number of alkyl halides is 3. The van der Waals surface area contributed by atoms with Gasteiger partial charge in [-0.1, -0.05) is 18.2 Å². The maximum absolute atomic E-state index is 13.2. The molecule has 3 aromatic rings. The molecule has 1 amide bonds. The first-order chi connectivity index (χ1) is 14.1. The summed E-state index contributed by atoms with van der Waals surface area (Å²) in [6, 6.07) is 9.34. The number of halogens is 3. The van der Waals surface area contributed by atoms with E-state index in [0.717, 1.165) is 17.6 Å². The van der Waals surface area contributed by atoms with E-state index < -0.39 is 35.8 Å². The van der Waals surface area contributed by atoms with Gasteiger partial charge in [0, 0.05) is 12.6 Å². The number of hydrogen-bond acceptors (Lipinski definition) is 5. The average molecular weight is 419 g/mol. The number of nitrogens with zero attached hydrogens (tertiary/aromatic N) is 2. The highest BCUT2D eigenvalue weighted by molar-refractivity contribution is 5.94. The highest BCUT2D eigenvalue weighted by Crippen LogP contribution is 2.32. The number of aromatic nitrogens is 2. The Morgan fingerprint density at radius 2 is 1.90 bits per heavy atom. The van der Waals surface area contributed by atoms with Crippen LogP contribution in [0, 0.1) is 0 Å². The fraction of sp³-hybridized carbons (Fsp3) is 0.200. The molecule has 2 aromatic carbocycles. The minimum absolute atomic E-state index is 0.0703. The normalized spacial score (nSPS) is 11.3. The van der Waals surface area contributed by atoms with Gasteiger partial charge in [0.2, 0.25) is 0 Å². The number of rotatable bonds is 5. The number of carbonyl (C=O) groups is 2. The van der Waals surface area contributed by atoms with E-state index in [1.165, 1.54) is 42.7 Å². The molecule has 0 saturated heterocycles. The predicted molar refractivity (Wildman–Crippen MR) is 102 cm³/mol. The first-order valence-corrected chi connectivity index (χ1v) is 8.72. The zero-order valence-electron chi connectivity index (χ0n) is 15.7. The van der Waals surface area contributed by atoms with E-state index in [9.17, 15) is 27.6 Å². The van der Waals surface area contributed by atoms with Gasteiger partial charge in [-0.05, 0) is 29.8 Å². The predicted octanol–water partition coefficient (Wildman–Crippen LogP) is 2.97. The van der Waals surface area contributed by atoms with Gasteiger partial charge < -0.3 is 10.1 Å². The van der Waals surface area contributed by atoms with E-state index in [-0.39, 0.29) is 23.2 Å². The van der Waals surface area contributed by atoms with Gasteiger partial charge in [0.25, 0.3) is 11.5 Å². The maximum Gasteiger partial charge on any atom is 0.416 e. The minimum atomic E-state index is -4.55. The van der Waals surface area contributed by atoms with Gasteiger partial charge in [-0.25, -0.2) is 4.98 Å². The maximum atomic E-state index is 13.2. The lowest BCUT2D eigenvalue weighted by atomic mass is 10.1. The van der Waals surface area contributed by atoms with E-state index in [1.54, 1.807) is 0 Å². The summed E-state index contributed by atoms with van der Waals surface area (Å²) in [4.78, 5) is 39.5. The van der Waals surface area contributed by atoms with Crippen molar-refractivity contribution in [2.75, 3.05) is 11.9 Å². The van der Waals surface area contributed by atoms with Crippen molar-refractivity contribution in [2.24, 2.45) is 0 Å². The van der Waals surface area contributed by atoms with Crippen LogP contribution in [0.25, 0.3) is 10.9 Å². The van der Waals surface area contributed by atoms with E-state index in [2.05, 4.69) is 15.0 Å². The molecule has 1 heterocycles. The Kier molecular flexibility index (Phi) is 5.86. The summed E-state index contributed by atoms with van der Waals surface area (Å²) in [5.41, 5.74) is -0.888. The first-order valence-electron chi connectivity index (χ1n) is 8.72. The lowest BCUT2D eigenvalue weighted by Crippen LogP contribution is -2.23. The van der Waals surface area contributed by atoms with Crippen LogP contribution in [0.3, 0.4) is 0 Å². The molecular formula is C20H16F3N3O4. The van der Waals surface area contributed by atoms with Gasteiger partial charge in [0.05, 0.1) is 29.3 Å². The molecular weight excluding hydrogens is 403 g/mol. The van der Waals surface area contributed by atoms with Crippen molar-refractivity contribution in [3.63, 3.8) is 0 Å². The standard InChI is InChI=1S/C20H16F3N3O4/c1-12(27)30-10-18(28)25-14-6-7-17-15(8-14)19(29)26(11-24-17)9-13-4-2-3-5-16(13)20(21,22)23/h2-8,11H,9-10H2,1H3,(H,25,28). The number of benzene rings is 2. The Morgan fingerprint density at radius 3 is 2.60 bits per heavy atom. The Labute approximate surface area is 168 Å². The van der Waals surface area contributed by atoms with Crippen LogP contribution in [0.4, 0.5) is 18.9 Å². The van der Waals surface area contributed by atoms with E-state index >= 15 is 0 Å². The van der Waals surface area contributed by atoms with Gasteiger partial charge in [-0.3, -0.25) is 19.0 Å². The number of esters is 1. The van der Waals surface area contributed by atoms with E-state index in [4.69, 9.17) is 0 Å². The molecule has 1 aromatic heterocycles. The number of carbonyl (C=O) groups excluding carboxylic acids is 2. The molecule has 0 saturated carbocycles. The second kappa shape index (κ2) is 8.36. The molecule has 0 atom stereocenters. The van der Waals surface area contributed by atoms with Crippen molar-refractivity contribution < 1.29 is 27.5 Å². The lowest BCUT2D eigenvalue weighted by molar-refractivity contribution is -0.145. The third kappa shape index (κ3) is 4.83. The molecule has 0 aliphatic heterocycles. The molecule has 156 valence electrons. The summed E-state index contributed by atoms with van der Waals surface area (Å²) in [6.07, 6.45) is -3.37. The van der Waals surface area contributed by atoms with E-state index in [1.807, 2.05) is 0 Å². The summed E-state index contributed by atoms with van der Waals surface area (Å²) in [5, 5.41) is 2.59. The van der Waals surface area contributed by atoms with Crippen molar-refractivity contribution in [1.29, 1.82) is 0 Å². The first kappa shape index (κ1) is 21.0. The summed E-state index contributed by atoms with van der Waals surface area (Å²) in [6.45, 7) is 0.355. The number of nitrogens with one attached hydrogen (secondary N) is 1. The van der Waals surface area contributed by atoms with Crippen LogP contribution in [0.1, 0.15) is 18.1 Å². The largest absolute Gasteiger partial charge is 0.456 e. The smallest absolute Gasteiger partial charge is 0.416 e. The summed E-state index contributed by atoms with van der Waals surface area (Å²) < 4.78 is 45.3. The number of amides is 1. The molecule has 1 N–H and O–H groups in total. The van der Waals surface area contributed by atoms with Gasteiger partial charge in [0.15, 0.2) is 6.61 Å². The van der Waals surface area contributed by atoms with Crippen molar-refractivity contribution in [1.82, 2.24) is 9.55 Å². The Bertz CT molecular complexity index is 1170. The highest BCUT2D eigenvalue weighted by Gasteiger charge is 2.32. The highest BCUT2D eigenvalue weighted by atomic mass is 19.4. The second-order valence-electron chi connectivity index (χ2n) is 6.39. The van der Waals surface area contributed by atoms with Crippen molar-refractivity contribution in [3.05, 3.63) is 70.3 Å². The van der Waals surface area contributed by atoms with E-state index in [0.29, 0.717) is 5.52 Å². The topological polar surface area (TPSA) is 90.3 Å². The molecule has 0 bridgehead atoms. The molecule has 30 heavy (non-hydrogen) atoms. The molecule has 10 heteroatoms. The average Bonchev–Trinajstić information content (AvgIpc) is 2.68. The molecule has 7 nitrogen and oxygen atoms in total. The van der Waals surface area contributed by atoms with Crippen LogP contribution < -0.4 is 10.9 Å². The number of anilines is 1. The van der Waals surface area contributed by atoms with Crippen molar-refractivity contribution in [2.45, 2.75) is 19.6 Å². The Hall–Kier alpha value is -3.69. The number of ether oxygens (including phenoxy) is 1. The molecule has 3 rings (SSSR count). The monoisotopic (exact) mass is 419 g/mol. The molecule has 0 fully saturated rings. The third-order valence-electron chi connectivity index (χ3n) is 4.18. The zero-order chi connectivity index (χ0) is 21.9. The van der Waals surface area contributed by atoms with Crippen molar-refractivity contribution in [3.8, 4) is 0 Å². The minimum Gasteiger partial charge on any atom is -0.456 e. The van der Waals surface area contributed by atoms with Crippen LogP contribution >= 0.6 is 0 Å². The van der Waals surface area contributed by atoms with Crippen LogP contribution in [0.5, 0.6) is 0 Å². The molecule has 0 aliphatic rings. The molecule has 0 radical (unpaired) electrons. The summed E-state index contributed by atoms with van der Waals surface area (Å²) in [5.74, 6) is -1.22. The summed E-state index contributed by atoms with van der Waals surface area (Å²) >= 11 is 0. The van der Waals surface area contributed by atoms with Crippen LogP contribution in [-0.4, -0.2) is 28.0 Å². The lowest BCUT2D eigenvalue weighted by Gasteiger charge is -2.14. The van der Waals surface area contributed by atoms with Gasteiger partial charge in [0.1, 0.15) is 0 Å². The fourth-order valence-electron chi connectivity index (χ4n) is 2.83. The number of hydrogen-bond donors (Lipinski definition) is 1. The van der Waals surface area contributed by atoms with Crippen LogP contribution in [0.2, 0.25) is 0 Å². The number of fused-ring (bicyclic) bond motifs is 1. The molecule has 0 aliphatic carbocycles. The van der Waals surface area contributed by atoms with Crippen LogP contribution in [-0.2, 0) is 27.0 Å². The zero-order valence-corrected chi connectivity index (χ0v) is 15.7. The fourth-order valence-corrected chi connectivity index (χ4v) is 2.83. The Balaban J connectivity index is 1.92. The Morgan fingerprint density at radius 1 is 1.17 bits per heavy atom. The summed E-state index contributed by atoms with van der Waals surface area (Å²) in [7, 11) is 0. The van der Waals surface area contributed by atoms with Gasteiger partial charge >= 0.3 is 12.1 Å². The SMILES string of the molecule is CC(=O)OCC(=O)Nc1ccc2ncn(Cc3ccccc3C(F)(F)F)c(=O)c2c1. The molecule has 0 spiro atoms. The quantitative estimate of drug-likeness (QED) is 0.643. The third-order valence-corrected chi connectivity index (χ3v) is 4.18. The molecule has 0 unspecified atom stereocenters.